The van der Waals surface area contributed by atoms with Crippen molar-refractivity contribution in [2.24, 2.45) is 4.99 Å². The first-order valence-electron chi connectivity index (χ1n) is 10.3. The number of nitrogens with zero attached hydrogens (tertiary/aromatic N) is 6. The molecule has 1 N–H and O–H groups in total. The lowest BCUT2D eigenvalue weighted by Crippen LogP contribution is -2.52. The number of halogens is 1. The molecule has 0 radical (unpaired) electrons. The van der Waals surface area contributed by atoms with E-state index < -0.39 is 0 Å². The fourth-order valence-electron chi connectivity index (χ4n) is 3.83. The predicted octanol–water partition coefficient (Wildman–Crippen LogP) is 2.73. The van der Waals surface area contributed by atoms with E-state index in [1.807, 2.05) is 12.1 Å². The molecule has 1 saturated heterocycles. The van der Waals surface area contributed by atoms with Crippen molar-refractivity contribution in [3.05, 3.63) is 48.1 Å². The van der Waals surface area contributed by atoms with Gasteiger partial charge in [-0.2, -0.15) is 0 Å². The highest BCUT2D eigenvalue weighted by atomic mass is 127. The van der Waals surface area contributed by atoms with E-state index in [-0.39, 0.29) is 24.0 Å². The van der Waals surface area contributed by atoms with Gasteiger partial charge in [-0.15, -0.1) is 24.0 Å². The normalized spacial score (nSPS) is 15.4. The van der Waals surface area contributed by atoms with Gasteiger partial charge in [-0.05, 0) is 26.0 Å². The molecule has 1 aliphatic heterocycles. The quantitative estimate of drug-likeness (QED) is 0.305. The van der Waals surface area contributed by atoms with Crippen molar-refractivity contribution < 1.29 is 4.52 Å². The molecule has 8 nitrogen and oxygen atoms in total. The minimum Gasteiger partial charge on any atom is -0.364 e. The van der Waals surface area contributed by atoms with E-state index in [0.29, 0.717) is 0 Å². The Kier molecular flexibility index (Phi) is 8.08. The maximum absolute atomic E-state index is 4.93. The lowest BCUT2D eigenvalue weighted by atomic mass is 10.3. The number of aryl methyl sites for hydroxylation is 1. The van der Waals surface area contributed by atoms with Gasteiger partial charge in [0.1, 0.15) is 12.1 Å². The van der Waals surface area contributed by atoms with E-state index in [0.717, 1.165) is 75.4 Å². The summed E-state index contributed by atoms with van der Waals surface area (Å²) in [6.07, 6.45) is 1.63. The first kappa shape index (κ1) is 22.5. The van der Waals surface area contributed by atoms with Crippen LogP contribution in [0.2, 0.25) is 0 Å². The van der Waals surface area contributed by atoms with Crippen LogP contribution in [-0.4, -0.2) is 69.7 Å². The maximum atomic E-state index is 4.93. The highest BCUT2D eigenvalue weighted by Crippen LogP contribution is 2.15. The van der Waals surface area contributed by atoms with Crippen LogP contribution in [0.25, 0.3) is 11.0 Å². The Morgan fingerprint density at radius 3 is 2.70 bits per heavy atom. The third-order valence-electron chi connectivity index (χ3n) is 5.31. The van der Waals surface area contributed by atoms with Crippen molar-refractivity contribution in [2.75, 3.05) is 39.3 Å². The van der Waals surface area contributed by atoms with Crippen LogP contribution in [0.4, 0.5) is 0 Å². The van der Waals surface area contributed by atoms with Crippen molar-refractivity contribution in [1.29, 1.82) is 0 Å². The van der Waals surface area contributed by atoms with E-state index >= 15 is 0 Å². The number of hydrogen-bond acceptors (Lipinski definition) is 5. The van der Waals surface area contributed by atoms with Gasteiger partial charge in [0, 0.05) is 51.9 Å². The standard InChI is InChI=1S/C21H29N7O.HI/c1-3-22-21(27-13-11-26(12-14-27)16-18-8-15-29-25-18)23-9-10-28-17(2)24-19-6-4-5-7-20(19)28;/h4-8,15H,3,9-14,16H2,1-2H3,(H,22,23);1H. The molecule has 2 aromatic heterocycles. The number of benzene rings is 1. The molecular weight excluding hydrogens is 493 g/mol. The molecule has 162 valence electrons. The molecule has 0 atom stereocenters. The molecular formula is C21H30IN7O. The Bertz CT molecular complexity index is 946. The molecule has 9 heteroatoms. The number of guanidine groups is 1. The first-order valence-corrected chi connectivity index (χ1v) is 10.3. The number of nitrogens with one attached hydrogen (secondary N) is 1. The summed E-state index contributed by atoms with van der Waals surface area (Å²) < 4.78 is 7.18. The second kappa shape index (κ2) is 10.8. The Morgan fingerprint density at radius 1 is 1.17 bits per heavy atom. The second-order valence-corrected chi connectivity index (χ2v) is 7.29. The maximum Gasteiger partial charge on any atom is 0.194 e. The van der Waals surface area contributed by atoms with Gasteiger partial charge in [-0.1, -0.05) is 17.3 Å². The highest BCUT2D eigenvalue weighted by molar-refractivity contribution is 14.0. The molecule has 1 aliphatic rings. The fraction of sp³-hybridized carbons (Fsp3) is 0.476. The van der Waals surface area contributed by atoms with Crippen molar-refractivity contribution in [2.45, 2.75) is 26.9 Å². The number of imidazole rings is 1. The SMILES string of the molecule is CCNC(=NCCn1c(C)nc2ccccc21)N1CCN(Cc2ccon2)CC1.I. The number of rotatable bonds is 6. The molecule has 0 spiro atoms. The molecule has 3 aromatic rings. The third-order valence-corrected chi connectivity index (χ3v) is 5.31. The summed E-state index contributed by atoms with van der Waals surface area (Å²) in [5, 5.41) is 7.46. The lowest BCUT2D eigenvalue weighted by Gasteiger charge is -2.36. The van der Waals surface area contributed by atoms with Gasteiger partial charge in [0.15, 0.2) is 5.96 Å². The fourth-order valence-corrected chi connectivity index (χ4v) is 3.83. The number of piperazine rings is 1. The second-order valence-electron chi connectivity index (χ2n) is 7.29. The van der Waals surface area contributed by atoms with Crippen LogP contribution in [0.5, 0.6) is 0 Å². The van der Waals surface area contributed by atoms with Gasteiger partial charge < -0.3 is 19.3 Å². The number of hydrogen-bond donors (Lipinski definition) is 1. The van der Waals surface area contributed by atoms with Crippen LogP contribution < -0.4 is 5.32 Å². The van der Waals surface area contributed by atoms with Gasteiger partial charge in [-0.3, -0.25) is 9.89 Å². The van der Waals surface area contributed by atoms with E-state index in [1.54, 1.807) is 6.26 Å². The Labute approximate surface area is 194 Å². The Balaban J connectivity index is 0.00000256. The number of aliphatic imine (C=N–C) groups is 1. The molecule has 0 amide bonds. The zero-order valence-electron chi connectivity index (χ0n) is 17.6. The van der Waals surface area contributed by atoms with Gasteiger partial charge >= 0.3 is 0 Å². The van der Waals surface area contributed by atoms with E-state index in [1.165, 1.54) is 5.52 Å². The van der Waals surface area contributed by atoms with Gasteiger partial charge in [0.05, 0.1) is 23.3 Å². The zero-order valence-corrected chi connectivity index (χ0v) is 20.0. The van der Waals surface area contributed by atoms with Gasteiger partial charge in [-0.25, -0.2) is 4.98 Å². The average Bonchev–Trinajstić information content (AvgIpc) is 3.35. The minimum absolute atomic E-state index is 0. The first-order chi connectivity index (χ1) is 14.2. The highest BCUT2D eigenvalue weighted by Gasteiger charge is 2.20. The number of aromatic nitrogens is 3. The molecule has 1 aromatic carbocycles. The summed E-state index contributed by atoms with van der Waals surface area (Å²) in [5.74, 6) is 2.03. The summed E-state index contributed by atoms with van der Waals surface area (Å²) in [7, 11) is 0. The van der Waals surface area contributed by atoms with Crippen molar-refractivity contribution in [3.8, 4) is 0 Å². The molecule has 30 heavy (non-hydrogen) atoms. The average molecular weight is 523 g/mol. The molecule has 1 fully saturated rings. The van der Waals surface area contributed by atoms with Crippen molar-refractivity contribution in [3.63, 3.8) is 0 Å². The topological polar surface area (TPSA) is 74.7 Å². The van der Waals surface area contributed by atoms with Crippen LogP contribution >= 0.6 is 24.0 Å². The summed E-state index contributed by atoms with van der Waals surface area (Å²) in [6, 6.07) is 10.2. The van der Waals surface area contributed by atoms with Crippen molar-refractivity contribution >= 4 is 41.0 Å². The molecule has 4 rings (SSSR count). The smallest absolute Gasteiger partial charge is 0.194 e. The van der Waals surface area contributed by atoms with Gasteiger partial charge in [0.25, 0.3) is 0 Å². The molecule has 0 saturated carbocycles. The summed E-state index contributed by atoms with van der Waals surface area (Å²) in [5.41, 5.74) is 3.21. The monoisotopic (exact) mass is 523 g/mol. The summed E-state index contributed by atoms with van der Waals surface area (Å²) in [4.78, 5) is 14.3. The predicted molar refractivity (Wildman–Crippen MR) is 129 cm³/mol. The molecule has 0 bridgehead atoms. The Morgan fingerprint density at radius 2 is 1.97 bits per heavy atom. The zero-order chi connectivity index (χ0) is 20.1. The Hall–Kier alpha value is -2.14. The van der Waals surface area contributed by atoms with Crippen LogP contribution in [0.15, 0.2) is 46.1 Å². The van der Waals surface area contributed by atoms with Gasteiger partial charge in [0.2, 0.25) is 0 Å². The van der Waals surface area contributed by atoms with Crippen LogP contribution in [0, 0.1) is 6.92 Å². The van der Waals surface area contributed by atoms with E-state index in [2.05, 4.69) is 61.9 Å². The third kappa shape index (κ3) is 5.31. The van der Waals surface area contributed by atoms with Crippen LogP contribution in [-0.2, 0) is 13.1 Å². The summed E-state index contributed by atoms with van der Waals surface area (Å²) >= 11 is 0. The molecule has 0 aliphatic carbocycles. The van der Waals surface area contributed by atoms with Crippen molar-refractivity contribution in [1.82, 2.24) is 29.8 Å². The van der Waals surface area contributed by atoms with E-state index in [9.17, 15) is 0 Å². The largest absolute Gasteiger partial charge is 0.364 e. The minimum atomic E-state index is 0. The number of para-hydroxylation sites is 2. The van der Waals surface area contributed by atoms with E-state index in [4.69, 9.17) is 9.52 Å². The lowest BCUT2D eigenvalue weighted by molar-refractivity contribution is 0.169. The summed E-state index contributed by atoms with van der Waals surface area (Å²) in [6.45, 7) is 11.3. The molecule has 0 unspecified atom stereocenters. The van der Waals surface area contributed by atoms with Crippen LogP contribution in [0.1, 0.15) is 18.4 Å². The number of fused-ring (bicyclic) bond motifs is 1. The molecule has 3 heterocycles. The van der Waals surface area contributed by atoms with Crippen LogP contribution in [0.3, 0.4) is 0 Å².